The average Bonchev–Trinajstić information content (AvgIpc) is 2.70. The second-order valence-electron chi connectivity index (χ2n) is 5.28. The Bertz CT molecular complexity index is 484. The molecule has 0 heterocycles. The van der Waals surface area contributed by atoms with Gasteiger partial charge in [-0.2, -0.15) is 5.26 Å². The van der Waals surface area contributed by atoms with Gasteiger partial charge in [0.25, 0.3) is 0 Å². The molecule has 2 unspecified atom stereocenters. The molecule has 1 fully saturated rings. The highest BCUT2D eigenvalue weighted by molar-refractivity contribution is 6.31. The van der Waals surface area contributed by atoms with Gasteiger partial charge in [0.15, 0.2) is 0 Å². The maximum absolute atomic E-state index is 9.30. The molecule has 0 aliphatic heterocycles. The fraction of sp³-hybridized carbons (Fsp3) is 0.562. The Labute approximate surface area is 125 Å². The number of rotatable bonds is 4. The molecule has 0 amide bonds. The molecule has 1 saturated carbocycles. The van der Waals surface area contributed by atoms with Crippen molar-refractivity contribution in [2.24, 2.45) is 5.92 Å². The SMILES string of the molecule is COc1cccc(Cl)c1CNC1CCCCCC1C#N. The summed E-state index contributed by atoms with van der Waals surface area (Å²) in [4.78, 5) is 0. The largest absolute Gasteiger partial charge is 0.496 e. The first-order chi connectivity index (χ1) is 9.76. The van der Waals surface area contributed by atoms with Crippen molar-refractivity contribution in [2.75, 3.05) is 7.11 Å². The molecule has 2 atom stereocenters. The minimum Gasteiger partial charge on any atom is -0.496 e. The Balaban J connectivity index is 2.05. The lowest BCUT2D eigenvalue weighted by Gasteiger charge is -2.22. The van der Waals surface area contributed by atoms with Gasteiger partial charge in [0.05, 0.1) is 19.1 Å². The van der Waals surface area contributed by atoms with Gasteiger partial charge in [-0.1, -0.05) is 36.9 Å². The Hall–Kier alpha value is -1.24. The first kappa shape index (κ1) is 15.2. The molecule has 1 aliphatic rings. The molecule has 0 saturated heterocycles. The van der Waals surface area contributed by atoms with Crippen molar-refractivity contribution in [1.29, 1.82) is 5.26 Å². The van der Waals surface area contributed by atoms with Crippen LogP contribution in [0.1, 0.15) is 37.7 Å². The van der Waals surface area contributed by atoms with Crippen molar-refractivity contribution in [3.63, 3.8) is 0 Å². The molecule has 108 valence electrons. The van der Waals surface area contributed by atoms with E-state index in [0.717, 1.165) is 30.6 Å². The van der Waals surface area contributed by atoms with Crippen molar-refractivity contribution >= 4 is 11.6 Å². The molecule has 0 bridgehead atoms. The maximum Gasteiger partial charge on any atom is 0.124 e. The van der Waals surface area contributed by atoms with Gasteiger partial charge in [-0.25, -0.2) is 0 Å². The van der Waals surface area contributed by atoms with Gasteiger partial charge in [0.2, 0.25) is 0 Å². The van der Waals surface area contributed by atoms with Gasteiger partial charge in [-0.15, -0.1) is 0 Å². The Kier molecular flexibility index (Phi) is 5.70. The molecule has 1 aromatic rings. The smallest absolute Gasteiger partial charge is 0.124 e. The lowest BCUT2D eigenvalue weighted by molar-refractivity contribution is 0.380. The number of hydrogen-bond acceptors (Lipinski definition) is 3. The maximum atomic E-state index is 9.30. The summed E-state index contributed by atoms with van der Waals surface area (Å²) < 4.78 is 5.35. The van der Waals surface area contributed by atoms with Crippen LogP contribution in [0.3, 0.4) is 0 Å². The van der Waals surface area contributed by atoms with Crippen molar-refractivity contribution in [3.8, 4) is 11.8 Å². The van der Waals surface area contributed by atoms with Crippen LogP contribution >= 0.6 is 11.6 Å². The summed E-state index contributed by atoms with van der Waals surface area (Å²) in [7, 11) is 1.65. The molecule has 1 N–H and O–H groups in total. The van der Waals surface area contributed by atoms with Gasteiger partial charge in [0.1, 0.15) is 5.75 Å². The summed E-state index contributed by atoms with van der Waals surface area (Å²) in [5, 5.41) is 13.5. The number of halogens is 1. The van der Waals surface area contributed by atoms with Crippen LogP contribution in [0.2, 0.25) is 5.02 Å². The van der Waals surface area contributed by atoms with Crippen LogP contribution in [0.5, 0.6) is 5.75 Å². The second kappa shape index (κ2) is 7.52. The Morgan fingerprint density at radius 3 is 2.90 bits per heavy atom. The van der Waals surface area contributed by atoms with Crippen LogP contribution in [0.15, 0.2) is 18.2 Å². The van der Waals surface area contributed by atoms with E-state index in [1.54, 1.807) is 7.11 Å². The zero-order chi connectivity index (χ0) is 14.4. The van der Waals surface area contributed by atoms with Crippen LogP contribution in [-0.4, -0.2) is 13.2 Å². The predicted octanol–water partition coefficient (Wildman–Crippen LogP) is 3.91. The average molecular weight is 293 g/mol. The van der Waals surface area contributed by atoms with Crippen molar-refractivity contribution in [1.82, 2.24) is 5.32 Å². The van der Waals surface area contributed by atoms with E-state index in [4.69, 9.17) is 16.3 Å². The van der Waals surface area contributed by atoms with Crippen LogP contribution in [0, 0.1) is 17.2 Å². The molecule has 20 heavy (non-hydrogen) atoms. The van der Waals surface area contributed by atoms with E-state index in [9.17, 15) is 5.26 Å². The standard InChI is InChI=1S/C16H21ClN2O/c1-20-16-9-5-7-14(17)13(16)11-19-15-8-4-2-3-6-12(15)10-18/h5,7,9,12,15,19H,2-4,6,8,11H2,1H3. The van der Waals surface area contributed by atoms with Crippen molar-refractivity contribution < 1.29 is 4.74 Å². The highest BCUT2D eigenvalue weighted by Gasteiger charge is 2.23. The third kappa shape index (κ3) is 3.65. The molecular weight excluding hydrogens is 272 g/mol. The first-order valence-electron chi connectivity index (χ1n) is 7.20. The fourth-order valence-electron chi connectivity index (χ4n) is 2.84. The van der Waals surface area contributed by atoms with Crippen LogP contribution in [-0.2, 0) is 6.54 Å². The number of nitrogens with one attached hydrogen (secondary N) is 1. The fourth-order valence-corrected chi connectivity index (χ4v) is 3.07. The lowest BCUT2D eigenvalue weighted by atomic mass is 9.96. The van der Waals surface area contributed by atoms with E-state index >= 15 is 0 Å². The van der Waals surface area contributed by atoms with E-state index in [2.05, 4.69) is 11.4 Å². The van der Waals surface area contributed by atoms with Gasteiger partial charge < -0.3 is 10.1 Å². The normalized spacial score (nSPS) is 22.9. The third-order valence-electron chi connectivity index (χ3n) is 4.02. The molecule has 2 rings (SSSR count). The van der Waals surface area contributed by atoms with Crippen LogP contribution in [0.4, 0.5) is 0 Å². The van der Waals surface area contributed by atoms with Crippen molar-refractivity contribution in [3.05, 3.63) is 28.8 Å². The quantitative estimate of drug-likeness (QED) is 0.856. The molecule has 4 heteroatoms. The first-order valence-corrected chi connectivity index (χ1v) is 7.58. The van der Waals surface area contributed by atoms with Gasteiger partial charge >= 0.3 is 0 Å². The number of hydrogen-bond donors (Lipinski definition) is 1. The summed E-state index contributed by atoms with van der Waals surface area (Å²) in [6.45, 7) is 0.645. The van der Waals surface area contributed by atoms with Crippen molar-refractivity contribution in [2.45, 2.75) is 44.7 Å². The van der Waals surface area contributed by atoms with E-state index in [1.807, 2.05) is 18.2 Å². The summed E-state index contributed by atoms with van der Waals surface area (Å²) in [5.74, 6) is 0.901. The summed E-state index contributed by atoms with van der Waals surface area (Å²) >= 11 is 6.24. The van der Waals surface area contributed by atoms with Gasteiger partial charge in [-0.3, -0.25) is 0 Å². The van der Waals surface area contributed by atoms with E-state index in [-0.39, 0.29) is 12.0 Å². The molecule has 0 spiro atoms. The third-order valence-corrected chi connectivity index (χ3v) is 4.37. The van der Waals surface area contributed by atoms with Gasteiger partial charge in [0, 0.05) is 23.2 Å². The number of methoxy groups -OCH3 is 1. The van der Waals surface area contributed by atoms with E-state index in [0.29, 0.717) is 11.6 Å². The molecule has 1 aliphatic carbocycles. The van der Waals surface area contributed by atoms with Gasteiger partial charge in [-0.05, 0) is 25.0 Å². The van der Waals surface area contributed by atoms with E-state index < -0.39 is 0 Å². The zero-order valence-electron chi connectivity index (χ0n) is 11.9. The monoisotopic (exact) mass is 292 g/mol. The minimum absolute atomic E-state index is 0.103. The highest BCUT2D eigenvalue weighted by atomic mass is 35.5. The Morgan fingerprint density at radius 1 is 1.35 bits per heavy atom. The van der Waals surface area contributed by atoms with Crippen LogP contribution < -0.4 is 10.1 Å². The summed E-state index contributed by atoms with van der Waals surface area (Å²) in [6, 6.07) is 8.37. The topological polar surface area (TPSA) is 45.0 Å². The zero-order valence-corrected chi connectivity index (χ0v) is 12.6. The number of nitrogens with zero attached hydrogens (tertiary/aromatic N) is 1. The molecule has 0 radical (unpaired) electrons. The predicted molar refractivity (Wildman–Crippen MR) is 80.8 cm³/mol. The molecule has 3 nitrogen and oxygen atoms in total. The highest BCUT2D eigenvalue weighted by Crippen LogP contribution is 2.28. The number of ether oxygens (including phenoxy) is 1. The summed E-state index contributed by atoms with van der Waals surface area (Å²) in [6.07, 6.45) is 5.63. The lowest BCUT2D eigenvalue weighted by Crippen LogP contribution is -2.34. The number of nitriles is 1. The Morgan fingerprint density at radius 2 is 2.15 bits per heavy atom. The molecular formula is C16H21ClN2O. The minimum atomic E-state index is 0.103. The molecule has 1 aromatic carbocycles. The second-order valence-corrected chi connectivity index (χ2v) is 5.69. The summed E-state index contributed by atoms with van der Waals surface area (Å²) in [5.41, 5.74) is 0.970. The van der Waals surface area contributed by atoms with Crippen LogP contribution in [0.25, 0.3) is 0 Å². The number of benzene rings is 1. The molecule has 0 aromatic heterocycles. The van der Waals surface area contributed by atoms with E-state index in [1.165, 1.54) is 12.8 Å².